The Labute approximate surface area is 180 Å². The van der Waals surface area contributed by atoms with Gasteiger partial charge in [-0.3, -0.25) is 4.79 Å². The third kappa shape index (κ3) is 4.68. The Balaban J connectivity index is 1.64. The van der Waals surface area contributed by atoms with Crippen LogP contribution in [-0.4, -0.2) is 21.8 Å². The Morgan fingerprint density at radius 3 is 2.68 bits per heavy atom. The first-order chi connectivity index (χ1) is 14.9. The van der Waals surface area contributed by atoms with E-state index in [1.807, 2.05) is 30.3 Å². The highest BCUT2D eigenvalue weighted by Gasteiger charge is 2.37. The fraction of sp³-hybridized carbons (Fsp3) is 0.320. The van der Waals surface area contributed by atoms with Gasteiger partial charge in [-0.2, -0.15) is 0 Å². The van der Waals surface area contributed by atoms with Crippen LogP contribution in [0.25, 0.3) is 10.8 Å². The molecule has 1 amide bonds. The summed E-state index contributed by atoms with van der Waals surface area (Å²) in [5.74, 6) is 5.47. The summed E-state index contributed by atoms with van der Waals surface area (Å²) in [6.45, 7) is 1.72. The van der Waals surface area contributed by atoms with Crippen LogP contribution in [0, 0.1) is 24.7 Å². The van der Waals surface area contributed by atoms with Crippen LogP contribution in [-0.2, 0) is 4.79 Å². The van der Waals surface area contributed by atoms with Crippen molar-refractivity contribution in [2.75, 3.05) is 5.32 Å². The molecule has 1 aliphatic rings. The summed E-state index contributed by atoms with van der Waals surface area (Å²) in [7, 11) is 0. The monoisotopic (exact) mass is 416 g/mol. The third-order valence-electron chi connectivity index (χ3n) is 5.77. The minimum atomic E-state index is -1.82. The molecular formula is C25H24N2O4. The molecule has 158 valence electrons. The summed E-state index contributed by atoms with van der Waals surface area (Å²) in [5.41, 5.74) is -0.623. The number of anilines is 1. The molecule has 1 aromatic heterocycles. The minimum absolute atomic E-state index is 0.258. The van der Waals surface area contributed by atoms with Crippen LogP contribution in [0.5, 0.6) is 0 Å². The van der Waals surface area contributed by atoms with E-state index in [9.17, 15) is 14.7 Å². The number of carbonyl (C=O) groups is 1. The number of hydrogen-bond acceptors (Lipinski definition) is 5. The van der Waals surface area contributed by atoms with Crippen molar-refractivity contribution in [3.63, 3.8) is 0 Å². The van der Waals surface area contributed by atoms with Crippen molar-refractivity contribution < 1.29 is 14.4 Å². The number of benzene rings is 2. The van der Waals surface area contributed by atoms with E-state index in [1.165, 1.54) is 0 Å². The van der Waals surface area contributed by atoms with Gasteiger partial charge in [0.1, 0.15) is 0 Å². The highest BCUT2D eigenvalue weighted by atomic mass is 16.5. The maximum Gasteiger partial charge on any atom is 0.366 e. The quantitative estimate of drug-likeness (QED) is 0.631. The number of aliphatic hydroxyl groups is 1. The van der Waals surface area contributed by atoms with Crippen molar-refractivity contribution in [1.29, 1.82) is 0 Å². The van der Waals surface area contributed by atoms with Crippen molar-refractivity contribution in [3.05, 3.63) is 70.2 Å². The first-order valence-corrected chi connectivity index (χ1v) is 10.5. The third-order valence-corrected chi connectivity index (χ3v) is 5.77. The molecule has 31 heavy (non-hydrogen) atoms. The van der Waals surface area contributed by atoms with Gasteiger partial charge < -0.3 is 14.9 Å². The molecule has 2 N–H and O–H groups in total. The van der Waals surface area contributed by atoms with Gasteiger partial charge in [0.15, 0.2) is 0 Å². The largest absolute Gasteiger partial charge is 0.369 e. The average molecular weight is 416 g/mol. The zero-order valence-corrected chi connectivity index (χ0v) is 17.4. The van der Waals surface area contributed by atoms with Crippen molar-refractivity contribution >= 4 is 22.4 Å². The zero-order chi connectivity index (χ0) is 21.8. The second kappa shape index (κ2) is 8.75. The number of fused-ring (bicyclic) bond motifs is 1. The lowest BCUT2D eigenvalue weighted by Gasteiger charge is -2.24. The van der Waals surface area contributed by atoms with Gasteiger partial charge in [-0.25, -0.2) is 4.79 Å². The molecule has 0 saturated heterocycles. The average Bonchev–Trinajstić information content (AvgIpc) is 3.28. The lowest BCUT2D eigenvalue weighted by Crippen LogP contribution is -2.43. The van der Waals surface area contributed by atoms with E-state index in [2.05, 4.69) is 22.3 Å². The molecular weight excluding hydrogens is 392 g/mol. The van der Waals surface area contributed by atoms with Crippen LogP contribution >= 0.6 is 0 Å². The number of amides is 1. The zero-order valence-electron chi connectivity index (χ0n) is 17.4. The Morgan fingerprint density at radius 2 is 1.94 bits per heavy atom. The first-order valence-electron chi connectivity index (χ1n) is 10.5. The van der Waals surface area contributed by atoms with Crippen LogP contribution in [0.3, 0.4) is 0 Å². The molecule has 6 nitrogen and oxygen atoms in total. The highest BCUT2D eigenvalue weighted by Crippen LogP contribution is 2.32. The Bertz CT molecular complexity index is 1220. The molecule has 1 atom stereocenters. The van der Waals surface area contributed by atoms with Gasteiger partial charge >= 0.3 is 5.63 Å². The Morgan fingerprint density at radius 1 is 1.19 bits per heavy atom. The summed E-state index contributed by atoms with van der Waals surface area (Å²) < 4.78 is 4.74. The number of nitrogens with one attached hydrogen (secondary N) is 1. The standard InChI is InChI=1S/C25H24N2O4/c1-17-22-15-20(11-12-21(22)23(28)31-27-17)26-24(29)25(30,16-19-9-5-6-10-19)14-13-18-7-3-2-4-8-18/h2-4,7-8,11-12,15,19,30H,5-6,9-10,16H2,1H3,(H,26,29). The molecule has 0 bridgehead atoms. The van der Waals surface area contributed by atoms with Crippen LogP contribution in [0.2, 0.25) is 0 Å². The molecule has 0 spiro atoms. The van der Waals surface area contributed by atoms with Crippen molar-refractivity contribution in [1.82, 2.24) is 5.16 Å². The van der Waals surface area contributed by atoms with Crippen LogP contribution in [0.4, 0.5) is 5.69 Å². The van der Waals surface area contributed by atoms with Gasteiger partial charge in [0.05, 0.1) is 11.1 Å². The molecule has 1 saturated carbocycles. The molecule has 6 heteroatoms. The van der Waals surface area contributed by atoms with Crippen LogP contribution < -0.4 is 10.9 Å². The van der Waals surface area contributed by atoms with Gasteiger partial charge in [-0.15, -0.1) is 0 Å². The van der Waals surface area contributed by atoms with E-state index in [0.717, 1.165) is 31.2 Å². The molecule has 1 aliphatic carbocycles. The maximum absolute atomic E-state index is 13.2. The van der Waals surface area contributed by atoms with E-state index >= 15 is 0 Å². The van der Waals surface area contributed by atoms with Crippen molar-refractivity contribution in [2.24, 2.45) is 5.92 Å². The predicted octanol–water partition coefficient (Wildman–Crippen LogP) is 3.80. The van der Waals surface area contributed by atoms with Gasteiger partial charge in [-0.1, -0.05) is 60.9 Å². The van der Waals surface area contributed by atoms with Gasteiger partial charge in [-0.05, 0) is 49.6 Å². The molecule has 0 aliphatic heterocycles. The van der Waals surface area contributed by atoms with Gasteiger partial charge in [0, 0.05) is 16.6 Å². The van der Waals surface area contributed by atoms with E-state index < -0.39 is 17.1 Å². The summed E-state index contributed by atoms with van der Waals surface area (Å²) in [6, 6.07) is 14.1. The summed E-state index contributed by atoms with van der Waals surface area (Å²) >= 11 is 0. The maximum atomic E-state index is 13.2. The predicted molar refractivity (Wildman–Crippen MR) is 118 cm³/mol. The van der Waals surface area contributed by atoms with E-state index in [-0.39, 0.29) is 12.3 Å². The lowest BCUT2D eigenvalue weighted by atomic mass is 9.88. The molecule has 0 radical (unpaired) electrons. The number of nitrogens with zero attached hydrogens (tertiary/aromatic N) is 1. The van der Waals surface area contributed by atoms with E-state index in [1.54, 1.807) is 25.1 Å². The molecule has 1 heterocycles. The number of carbonyl (C=O) groups excluding carboxylic acids is 1. The van der Waals surface area contributed by atoms with Gasteiger partial charge in [0.2, 0.25) is 5.60 Å². The molecule has 3 aromatic rings. The summed E-state index contributed by atoms with van der Waals surface area (Å²) in [5, 5.41) is 18.8. The fourth-order valence-electron chi connectivity index (χ4n) is 4.07. The number of rotatable bonds is 4. The normalized spacial score (nSPS) is 15.8. The van der Waals surface area contributed by atoms with E-state index in [4.69, 9.17) is 4.52 Å². The van der Waals surface area contributed by atoms with Crippen molar-refractivity contribution in [2.45, 2.75) is 44.6 Å². The SMILES string of the molecule is Cc1noc(=O)c2ccc(NC(=O)C(O)(C#Cc3ccccc3)CC3CCCC3)cc12. The Hall–Kier alpha value is -3.43. The number of hydrogen-bond donors (Lipinski definition) is 2. The number of aryl methyl sites for hydroxylation is 1. The van der Waals surface area contributed by atoms with Crippen LogP contribution in [0.1, 0.15) is 43.4 Å². The van der Waals surface area contributed by atoms with Gasteiger partial charge in [0.25, 0.3) is 5.91 Å². The Kier molecular flexibility index (Phi) is 5.88. The smallest absolute Gasteiger partial charge is 0.366 e. The van der Waals surface area contributed by atoms with E-state index in [0.29, 0.717) is 22.2 Å². The van der Waals surface area contributed by atoms with Crippen molar-refractivity contribution in [3.8, 4) is 11.8 Å². The fourth-order valence-corrected chi connectivity index (χ4v) is 4.07. The van der Waals surface area contributed by atoms with Crippen LogP contribution in [0.15, 0.2) is 57.8 Å². The highest BCUT2D eigenvalue weighted by molar-refractivity contribution is 6.01. The topological polar surface area (TPSA) is 92.4 Å². The molecule has 4 rings (SSSR count). The molecule has 1 fully saturated rings. The minimum Gasteiger partial charge on any atom is -0.369 e. The number of aromatic nitrogens is 1. The summed E-state index contributed by atoms with van der Waals surface area (Å²) in [6.07, 6.45) is 4.47. The first kappa shape index (κ1) is 20.8. The second-order valence-corrected chi connectivity index (χ2v) is 8.10. The lowest BCUT2D eigenvalue weighted by molar-refractivity contribution is -0.130. The summed E-state index contributed by atoms with van der Waals surface area (Å²) in [4.78, 5) is 25.0. The molecule has 2 aromatic carbocycles. The molecule has 1 unspecified atom stereocenters. The second-order valence-electron chi connectivity index (χ2n) is 8.10.